The smallest absolute Gasteiger partial charge is 0.278 e. The van der Waals surface area contributed by atoms with Crippen LogP contribution in [0.2, 0.25) is 0 Å². The van der Waals surface area contributed by atoms with Gasteiger partial charge in [-0.2, -0.15) is 0 Å². The SMILES string of the molecule is COC[C@@H](C)N1C(=O)c2c(O)c(=O)c(C(=O)NCc3ccc(F)cc3F)cn2N2CCCC[C@@H]12. The number of nitrogens with one attached hydrogen (secondary N) is 1. The third-order valence-electron chi connectivity index (χ3n) is 6.22. The van der Waals surface area contributed by atoms with E-state index in [4.69, 9.17) is 4.74 Å². The first-order chi connectivity index (χ1) is 16.2. The summed E-state index contributed by atoms with van der Waals surface area (Å²) in [5.41, 5.74) is -1.58. The van der Waals surface area contributed by atoms with Crippen molar-refractivity contribution in [2.75, 3.05) is 25.3 Å². The van der Waals surface area contributed by atoms with Crippen LogP contribution in [-0.2, 0) is 11.3 Å². The molecule has 0 aliphatic carbocycles. The maximum atomic E-state index is 13.9. The predicted molar refractivity (Wildman–Crippen MR) is 118 cm³/mol. The summed E-state index contributed by atoms with van der Waals surface area (Å²) in [6.07, 6.45) is 3.31. The van der Waals surface area contributed by atoms with Crippen molar-refractivity contribution in [2.24, 2.45) is 0 Å². The number of ether oxygens (including phenoxy) is 1. The molecule has 1 aromatic heterocycles. The van der Waals surface area contributed by atoms with Crippen LogP contribution in [0.5, 0.6) is 5.75 Å². The van der Waals surface area contributed by atoms with Crippen LogP contribution >= 0.6 is 0 Å². The molecule has 1 fully saturated rings. The summed E-state index contributed by atoms with van der Waals surface area (Å²) in [6, 6.07) is 2.64. The molecule has 9 nitrogen and oxygen atoms in total. The van der Waals surface area contributed by atoms with Crippen molar-refractivity contribution in [3.63, 3.8) is 0 Å². The number of piperidine rings is 1. The van der Waals surface area contributed by atoms with Crippen molar-refractivity contribution in [1.82, 2.24) is 14.9 Å². The lowest BCUT2D eigenvalue weighted by atomic mass is 10.0. The Kier molecular flexibility index (Phi) is 6.56. The largest absolute Gasteiger partial charge is 0.502 e. The molecule has 2 aliphatic rings. The molecule has 1 saturated heterocycles. The van der Waals surface area contributed by atoms with Gasteiger partial charge in [-0.1, -0.05) is 6.07 Å². The number of nitrogens with zero attached hydrogens (tertiary/aromatic N) is 3. The van der Waals surface area contributed by atoms with Gasteiger partial charge in [0.25, 0.3) is 11.8 Å². The number of hydrogen-bond donors (Lipinski definition) is 2. The normalized spacial score (nSPS) is 18.4. The highest BCUT2D eigenvalue weighted by Crippen LogP contribution is 2.31. The Bertz CT molecular complexity index is 1180. The fourth-order valence-electron chi connectivity index (χ4n) is 4.59. The topological polar surface area (TPSA) is 104 Å². The van der Waals surface area contributed by atoms with E-state index in [1.54, 1.807) is 4.90 Å². The zero-order chi connectivity index (χ0) is 24.6. The highest BCUT2D eigenvalue weighted by atomic mass is 19.1. The summed E-state index contributed by atoms with van der Waals surface area (Å²) in [7, 11) is 1.53. The molecule has 0 spiro atoms. The summed E-state index contributed by atoms with van der Waals surface area (Å²) >= 11 is 0. The number of fused-ring (bicyclic) bond motifs is 3. The minimum Gasteiger partial charge on any atom is -0.502 e. The second-order valence-electron chi connectivity index (χ2n) is 8.49. The average molecular weight is 476 g/mol. The molecule has 1 aromatic carbocycles. The molecule has 0 bridgehead atoms. The van der Waals surface area contributed by atoms with Gasteiger partial charge in [-0.25, -0.2) is 8.78 Å². The summed E-state index contributed by atoms with van der Waals surface area (Å²) in [5, 5.41) is 15.0. The van der Waals surface area contributed by atoms with Crippen molar-refractivity contribution in [2.45, 2.75) is 44.9 Å². The Hall–Kier alpha value is -3.47. The molecule has 2 aromatic rings. The van der Waals surface area contributed by atoms with E-state index >= 15 is 0 Å². The van der Waals surface area contributed by atoms with E-state index in [9.17, 15) is 28.3 Å². The number of benzene rings is 1. The van der Waals surface area contributed by atoms with Gasteiger partial charge in [-0.3, -0.25) is 24.1 Å². The Morgan fingerprint density at radius 1 is 1.29 bits per heavy atom. The maximum absolute atomic E-state index is 13.9. The van der Waals surface area contributed by atoms with E-state index in [0.29, 0.717) is 19.0 Å². The highest BCUT2D eigenvalue weighted by molar-refractivity contribution is 5.99. The van der Waals surface area contributed by atoms with Crippen LogP contribution in [0.25, 0.3) is 0 Å². The van der Waals surface area contributed by atoms with Gasteiger partial charge in [0.15, 0.2) is 11.4 Å². The molecule has 0 saturated carbocycles. The summed E-state index contributed by atoms with van der Waals surface area (Å²) in [6.45, 7) is 2.36. The maximum Gasteiger partial charge on any atom is 0.278 e. The van der Waals surface area contributed by atoms with Crippen LogP contribution in [0, 0.1) is 11.6 Å². The van der Waals surface area contributed by atoms with Gasteiger partial charge in [0, 0.05) is 38.0 Å². The van der Waals surface area contributed by atoms with Crippen LogP contribution in [0.1, 0.15) is 52.6 Å². The number of hydrogen-bond acceptors (Lipinski definition) is 6. The molecule has 3 heterocycles. The van der Waals surface area contributed by atoms with E-state index in [1.807, 2.05) is 11.9 Å². The molecular formula is C23H26F2N4O5. The molecular weight excluding hydrogens is 450 g/mol. The molecule has 2 amide bonds. The van der Waals surface area contributed by atoms with E-state index in [0.717, 1.165) is 18.9 Å². The number of aromatic hydroxyl groups is 1. The Morgan fingerprint density at radius 2 is 2.06 bits per heavy atom. The number of halogens is 2. The average Bonchev–Trinajstić information content (AvgIpc) is 2.80. The Morgan fingerprint density at radius 3 is 2.76 bits per heavy atom. The van der Waals surface area contributed by atoms with E-state index in [-0.39, 0.29) is 42.2 Å². The Balaban J connectivity index is 1.69. The van der Waals surface area contributed by atoms with Crippen LogP contribution in [0.15, 0.2) is 29.2 Å². The first kappa shape index (κ1) is 23.7. The zero-order valence-electron chi connectivity index (χ0n) is 18.9. The second kappa shape index (κ2) is 9.41. The van der Waals surface area contributed by atoms with E-state index in [2.05, 4.69) is 5.32 Å². The van der Waals surface area contributed by atoms with Crippen molar-refractivity contribution in [1.29, 1.82) is 0 Å². The van der Waals surface area contributed by atoms with Crippen molar-refractivity contribution in [3.8, 4) is 5.75 Å². The van der Waals surface area contributed by atoms with Crippen LogP contribution < -0.4 is 15.8 Å². The molecule has 4 rings (SSSR count). The van der Waals surface area contributed by atoms with E-state index < -0.39 is 34.6 Å². The van der Waals surface area contributed by atoms with Gasteiger partial charge in [-0.15, -0.1) is 0 Å². The quantitative estimate of drug-likeness (QED) is 0.658. The molecule has 2 aliphatic heterocycles. The molecule has 2 N–H and O–H groups in total. The van der Waals surface area contributed by atoms with Gasteiger partial charge < -0.3 is 20.1 Å². The lowest BCUT2D eigenvalue weighted by Gasteiger charge is -2.50. The third-order valence-corrected chi connectivity index (χ3v) is 6.22. The van der Waals surface area contributed by atoms with Gasteiger partial charge in [-0.05, 0) is 32.3 Å². The van der Waals surface area contributed by atoms with Gasteiger partial charge >= 0.3 is 0 Å². The number of aromatic nitrogens is 1. The summed E-state index contributed by atoms with van der Waals surface area (Å²) in [4.78, 5) is 40.6. The number of rotatable bonds is 6. The number of carbonyl (C=O) groups is 2. The summed E-state index contributed by atoms with van der Waals surface area (Å²) < 4.78 is 33.6. The molecule has 2 atom stereocenters. The van der Waals surface area contributed by atoms with Gasteiger partial charge in [0.1, 0.15) is 23.4 Å². The fourth-order valence-corrected chi connectivity index (χ4v) is 4.59. The first-order valence-electron chi connectivity index (χ1n) is 11.0. The lowest BCUT2D eigenvalue weighted by Crippen LogP contribution is -2.65. The number of pyridine rings is 1. The highest BCUT2D eigenvalue weighted by Gasteiger charge is 2.43. The molecule has 34 heavy (non-hydrogen) atoms. The first-order valence-corrected chi connectivity index (χ1v) is 11.0. The zero-order valence-corrected chi connectivity index (χ0v) is 18.9. The van der Waals surface area contributed by atoms with Crippen LogP contribution in [-0.4, -0.2) is 59.0 Å². The number of carbonyl (C=O) groups excluding carboxylic acids is 2. The van der Waals surface area contributed by atoms with Gasteiger partial charge in [0.05, 0.1) is 12.6 Å². The second-order valence-corrected chi connectivity index (χ2v) is 8.49. The third kappa shape index (κ3) is 4.11. The monoisotopic (exact) mass is 476 g/mol. The summed E-state index contributed by atoms with van der Waals surface area (Å²) in [5.74, 6) is -3.79. The molecule has 182 valence electrons. The van der Waals surface area contributed by atoms with Crippen LogP contribution in [0.4, 0.5) is 8.78 Å². The molecule has 0 radical (unpaired) electrons. The van der Waals surface area contributed by atoms with Gasteiger partial charge in [0.2, 0.25) is 5.43 Å². The fraction of sp³-hybridized carbons (Fsp3) is 0.435. The molecule has 11 heteroatoms. The Labute approximate surface area is 194 Å². The minimum atomic E-state index is -1.01. The number of methoxy groups -OCH3 is 1. The van der Waals surface area contributed by atoms with Crippen molar-refractivity contribution < 1.29 is 28.2 Å². The predicted octanol–water partition coefficient (Wildman–Crippen LogP) is 1.70. The van der Waals surface area contributed by atoms with Crippen LogP contribution in [0.3, 0.4) is 0 Å². The minimum absolute atomic E-state index is 0.0334. The number of amides is 2. The van der Waals surface area contributed by atoms with E-state index in [1.165, 1.54) is 24.0 Å². The van der Waals surface area contributed by atoms with Crippen molar-refractivity contribution >= 4 is 11.8 Å². The van der Waals surface area contributed by atoms with Crippen molar-refractivity contribution in [3.05, 3.63) is 63.1 Å². The molecule has 0 unspecified atom stereocenters. The lowest BCUT2D eigenvalue weighted by molar-refractivity contribution is 0.0245. The standard InChI is InChI=1S/C23H26F2N4O5/c1-13(12-34-2)29-18-5-3-4-8-27(18)28-11-16(20(30)21(31)19(28)23(29)33)22(32)26-10-14-6-7-15(24)9-17(14)25/h6-7,9,11,13,18,31H,3-5,8,10,12H2,1-2H3,(H,26,32)/t13-,18-/m1/s1.